The Hall–Kier alpha value is -1.81. The van der Waals surface area contributed by atoms with E-state index in [2.05, 4.69) is 70.1 Å². The fourth-order valence-corrected chi connectivity index (χ4v) is 3.68. The van der Waals surface area contributed by atoms with Crippen molar-refractivity contribution in [2.45, 2.75) is 24.7 Å². The highest BCUT2D eigenvalue weighted by Crippen LogP contribution is 2.47. The van der Waals surface area contributed by atoms with Crippen LogP contribution in [0.4, 0.5) is 0 Å². The van der Waals surface area contributed by atoms with Gasteiger partial charge in [-0.25, -0.2) is 0 Å². The third-order valence-electron chi connectivity index (χ3n) is 4.67. The summed E-state index contributed by atoms with van der Waals surface area (Å²) in [5, 5.41) is 5.72. The maximum Gasteiger partial charge on any atom is 0.193 e. The molecule has 3 rings (SSSR count). The molecule has 0 spiro atoms. The summed E-state index contributed by atoms with van der Waals surface area (Å²) in [4.78, 5) is 8.10. The third kappa shape index (κ3) is 3.94. The predicted octanol–water partition coefficient (Wildman–Crippen LogP) is 3.53. The lowest BCUT2D eigenvalue weighted by molar-refractivity contribution is 0.479. The topological polar surface area (TPSA) is 27.6 Å². The van der Waals surface area contributed by atoms with Gasteiger partial charge in [0.15, 0.2) is 5.96 Å². The molecule has 1 aliphatic rings. The average Bonchev–Trinajstić information content (AvgIpc) is 3.20. The Morgan fingerprint density at radius 1 is 1.22 bits per heavy atom. The van der Waals surface area contributed by atoms with Crippen LogP contribution in [0.5, 0.6) is 0 Å². The average molecular weight is 327 g/mol. The first-order valence-electron chi connectivity index (χ1n) is 8.23. The zero-order valence-electron chi connectivity index (χ0n) is 14.0. The van der Waals surface area contributed by atoms with E-state index in [4.69, 9.17) is 0 Å². The monoisotopic (exact) mass is 327 g/mol. The summed E-state index contributed by atoms with van der Waals surface area (Å²) in [6.07, 6.45) is 3.60. The molecule has 0 amide bonds. The maximum absolute atomic E-state index is 4.45. The largest absolute Gasteiger partial charge is 0.355 e. The van der Waals surface area contributed by atoms with Gasteiger partial charge in [-0.05, 0) is 36.3 Å². The summed E-state index contributed by atoms with van der Waals surface area (Å²) in [6, 6.07) is 15.2. The minimum Gasteiger partial charge on any atom is -0.355 e. The number of nitrogens with zero attached hydrogens (tertiary/aromatic N) is 2. The van der Waals surface area contributed by atoms with E-state index in [-0.39, 0.29) is 0 Å². The number of likely N-dealkylation sites (N-methyl/N-ethyl adjacent to an activating group) is 1. The fraction of sp³-hybridized carbons (Fsp3) is 0.421. The molecule has 1 aromatic heterocycles. The van der Waals surface area contributed by atoms with Gasteiger partial charge in [-0.1, -0.05) is 36.4 Å². The van der Waals surface area contributed by atoms with E-state index in [0.717, 1.165) is 25.5 Å². The van der Waals surface area contributed by atoms with Crippen molar-refractivity contribution in [1.29, 1.82) is 0 Å². The molecule has 23 heavy (non-hydrogen) atoms. The molecule has 1 heterocycles. The number of nitrogens with one attached hydrogen (secondary N) is 1. The number of hydrogen-bond acceptors (Lipinski definition) is 2. The molecule has 1 aromatic carbocycles. The van der Waals surface area contributed by atoms with Gasteiger partial charge >= 0.3 is 0 Å². The highest BCUT2D eigenvalue weighted by molar-refractivity contribution is 7.09. The summed E-state index contributed by atoms with van der Waals surface area (Å²) in [5.41, 5.74) is 1.76. The number of hydrogen-bond donors (Lipinski definition) is 1. The van der Waals surface area contributed by atoms with Crippen molar-refractivity contribution in [2.75, 3.05) is 27.2 Å². The molecule has 2 aromatic rings. The molecule has 1 saturated carbocycles. The Bertz CT molecular complexity index is 630. The molecule has 0 radical (unpaired) electrons. The van der Waals surface area contributed by atoms with Crippen LogP contribution in [0.1, 0.15) is 23.3 Å². The second-order valence-corrected chi connectivity index (χ2v) is 7.33. The first-order chi connectivity index (χ1) is 11.2. The maximum atomic E-state index is 4.45. The minimum atomic E-state index is 0.311. The predicted molar refractivity (Wildman–Crippen MR) is 99.4 cm³/mol. The van der Waals surface area contributed by atoms with Gasteiger partial charge < -0.3 is 10.2 Å². The standard InChI is InChI=1S/C19H25N3S/c1-20-18(22(2)13-10-17-9-6-14-23-17)21-15-19(11-12-19)16-7-4-3-5-8-16/h3-9,14H,10-13,15H2,1-2H3,(H,20,21). The lowest BCUT2D eigenvalue weighted by atomic mass is 9.96. The van der Waals surface area contributed by atoms with E-state index in [0.29, 0.717) is 5.41 Å². The third-order valence-corrected chi connectivity index (χ3v) is 5.61. The first-order valence-corrected chi connectivity index (χ1v) is 9.11. The van der Waals surface area contributed by atoms with Crippen LogP contribution in [-0.2, 0) is 11.8 Å². The minimum absolute atomic E-state index is 0.311. The lowest BCUT2D eigenvalue weighted by Crippen LogP contribution is -2.43. The zero-order chi connectivity index (χ0) is 16.1. The van der Waals surface area contributed by atoms with E-state index in [1.807, 2.05) is 18.4 Å². The van der Waals surface area contributed by atoms with Gasteiger partial charge in [0.05, 0.1) is 0 Å². The van der Waals surface area contributed by atoms with Crippen molar-refractivity contribution in [2.24, 2.45) is 4.99 Å². The molecule has 0 aliphatic heterocycles. The highest BCUT2D eigenvalue weighted by atomic mass is 32.1. The van der Waals surface area contributed by atoms with E-state index in [1.54, 1.807) is 0 Å². The van der Waals surface area contributed by atoms with Crippen LogP contribution in [-0.4, -0.2) is 38.0 Å². The highest BCUT2D eigenvalue weighted by Gasteiger charge is 2.44. The second kappa shape index (κ2) is 7.18. The summed E-state index contributed by atoms with van der Waals surface area (Å²) in [5.74, 6) is 0.990. The lowest BCUT2D eigenvalue weighted by Gasteiger charge is -2.24. The van der Waals surface area contributed by atoms with Gasteiger partial charge in [-0.3, -0.25) is 4.99 Å². The van der Waals surface area contributed by atoms with E-state index in [9.17, 15) is 0 Å². The van der Waals surface area contributed by atoms with Gasteiger partial charge in [0.1, 0.15) is 0 Å². The summed E-state index contributed by atoms with van der Waals surface area (Å²) in [7, 11) is 3.98. The van der Waals surface area contributed by atoms with Crippen molar-refractivity contribution in [3.8, 4) is 0 Å². The molecular weight excluding hydrogens is 302 g/mol. The Labute approximate surface area is 143 Å². The molecule has 0 bridgehead atoms. The molecule has 4 heteroatoms. The summed E-state index contributed by atoms with van der Waals surface area (Å²) in [6.45, 7) is 1.95. The van der Waals surface area contributed by atoms with Crippen LogP contribution in [0.3, 0.4) is 0 Å². The van der Waals surface area contributed by atoms with Crippen molar-refractivity contribution >= 4 is 17.3 Å². The van der Waals surface area contributed by atoms with Gasteiger partial charge in [0.2, 0.25) is 0 Å². The van der Waals surface area contributed by atoms with Crippen molar-refractivity contribution in [3.63, 3.8) is 0 Å². The van der Waals surface area contributed by atoms with Crippen LogP contribution in [0.2, 0.25) is 0 Å². The molecule has 3 nitrogen and oxygen atoms in total. The van der Waals surface area contributed by atoms with Gasteiger partial charge in [-0.2, -0.15) is 0 Å². The van der Waals surface area contributed by atoms with E-state index < -0.39 is 0 Å². The molecule has 1 fully saturated rings. The molecule has 122 valence electrons. The number of aliphatic imine (C=N–C) groups is 1. The van der Waals surface area contributed by atoms with E-state index in [1.165, 1.54) is 23.3 Å². The Kier molecular flexibility index (Phi) is 5.01. The molecule has 0 unspecified atom stereocenters. The van der Waals surface area contributed by atoms with Crippen molar-refractivity contribution < 1.29 is 0 Å². The second-order valence-electron chi connectivity index (χ2n) is 6.30. The van der Waals surface area contributed by atoms with Crippen LogP contribution >= 0.6 is 11.3 Å². The first kappa shape index (κ1) is 16.1. The van der Waals surface area contributed by atoms with Gasteiger partial charge in [0.25, 0.3) is 0 Å². The molecule has 1 aliphatic carbocycles. The quantitative estimate of drug-likeness (QED) is 0.649. The van der Waals surface area contributed by atoms with Crippen LogP contribution in [0.25, 0.3) is 0 Å². The van der Waals surface area contributed by atoms with Crippen LogP contribution < -0.4 is 5.32 Å². The normalized spacial score (nSPS) is 16.2. The summed E-state index contributed by atoms with van der Waals surface area (Å²) >= 11 is 1.82. The molecule has 0 saturated heterocycles. The fourth-order valence-electron chi connectivity index (χ4n) is 2.98. The van der Waals surface area contributed by atoms with Crippen LogP contribution in [0.15, 0.2) is 52.8 Å². The number of benzene rings is 1. The number of thiophene rings is 1. The Morgan fingerprint density at radius 2 is 2.00 bits per heavy atom. The van der Waals surface area contributed by atoms with Crippen LogP contribution in [0, 0.1) is 0 Å². The summed E-state index contributed by atoms with van der Waals surface area (Å²) < 4.78 is 0. The number of rotatable bonds is 6. The Morgan fingerprint density at radius 3 is 2.61 bits per heavy atom. The van der Waals surface area contributed by atoms with Gasteiger partial charge in [-0.15, -0.1) is 11.3 Å². The molecule has 0 atom stereocenters. The molecule has 1 N–H and O–H groups in total. The van der Waals surface area contributed by atoms with Crippen molar-refractivity contribution in [3.05, 3.63) is 58.3 Å². The Balaban J connectivity index is 1.53. The van der Waals surface area contributed by atoms with Crippen molar-refractivity contribution in [1.82, 2.24) is 10.2 Å². The molecular formula is C19H25N3S. The van der Waals surface area contributed by atoms with E-state index >= 15 is 0 Å². The number of guanidine groups is 1. The zero-order valence-corrected chi connectivity index (χ0v) is 14.8. The smallest absolute Gasteiger partial charge is 0.193 e. The SMILES string of the molecule is CN=C(NCC1(c2ccccc2)CC1)N(C)CCc1cccs1. The van der Waals surface area contributed by atoms with Gasteiger partial charge in [0, 0.05) is 37.5 Å².